The highest BCUT2D eigenvalue weighted by Gasteiger charge is 2.36. The molecular weight excluding hydrogens is 486 g/mol. The molecular formula is C26H22ClN3O6. The van der Waals surface area contributed by atoms with E-state index in [1.165, 1.54) is 21.0 Å². The highest BCUT2D eigenvalue weighted by Crippen LogP contribution is 2.40. The zero-order valence-electron chi connectivity index (χ0n) is 19.7. The van der Waals surface area contributed by atoms with Crippen molar-refractivity contribution in [2.75, 3.05) is 12.4 Å². The Morgan fingerprint density at radius 2 is 1.75 bits per heavy atom. The quantitative estimate of drug-likeness (QED) is 0.380. The summed E-state index contributed by atoms with van der Waals surface area (Å²) in [5.74, 6) is -0.609. The summed E-state index contributed by atoms with van der Waals surface area (Å²) in [4.78, 5) is 36.5. The number of benzene rings is 3. The van der Waals surface area contributed by atoms with Gasteiger partial charge in [0.05, 0.1) is 12.7 Å². The standard InChI is InChI=1S/C26H22ClN3O6/c1-15(31)30-26(21-8-5-9-22(34-3)23(21)35-16(2)32)36-25(29-30)17-10-12-20(13-11-17)28-24(33)18-6-4-7-19(27)14-18/h4-14,26H,1-3H3,(H,28,33)/t26-/m0/s1. The molecule has 1 atom stereocenters. The molecule has 0 unspecified atom stereocenters. The predicted octanol–water partition coefficient (Wildman–Crippen LogP) is 4.77. The number of anilines is 1. The second-order valence-corrected chi connectivity index (χ2v) is 8.19. The number of methoxy groups -OCH3 is 1. The number of nitrogens with zero attached hydrogens (tertiary/aromatic N) is 2. The Morgan fingerprint density at radius 3 is 2.39 bits per heavy atom. The Labute approximate surface area is 212 Å². The zero-order chi connectivity index (χ0) is 25.8. The SMILES string of the molecule is COc1cccc([C@@H]2OC(c3ccc(NC(=O)c4cccc(Cl)c4)cc3)=NN2C(C)=O)c1OC(C)=O. The lowest BCUT2D eigenvalue weighted by molar-refractivity contribution is -0.135. The van der Waals surface area contributed by atoms with Gasteiger partial charge in [0.1, 0.15) is 0 Å². The van der Waals surface area contributed by atoms with Crippen LogP contribution in [0, 0.1) is 0 Å². The topological polar surface area (TPSA) is 107 Å². The number of carbonyl (C=O) groups is 3. The average Bonchev–Trinajstić information content (AvgIpc) is 3.30. The van der Waals surface area contributed by atoms with Crippen molar-refractivity contribution in [3.8, 4) is 11.5 Å². The smallest absolute Gasteiger partial charge is 0.308 e. The van der Waals surface area contributed by atoms with E-state index in [9.17, 15) is 14.4 Å². The summed E-state index contributed by atoms with van der Waals surface area (Å²) >= 11 is 5.96. The lowest BCUT2D eigenvalue weighted by Gasteiger charge is -2.22. The van der Waals surface area contributed by atoms with E-state index in [1.807, 2.05) is 0 Å². The molecule has 0 radical (unpaired) electrons. The van der Waals surface area contributed by atoms with Gasteiger partial charge in [0, 0.05) is 35.7 Å². The Balaban J connectivity index is 1.57. The van der Waals surface area contributed by atoms with Gasteiger partial charge < -0.3 is 19.5 Å². The first-order chi connectivity index (χ1) is 17.3. The molecule has 3 aromatic carbocycles. The van der Waals surface area contributed by atoms with Crippen molar-refractivity contribution in [1.29, 1.82) is 0 Å². The van der Waals surface area contributed by atoms with Crippen LogP contribution in [0.4, 0.5) is 5.69 Å². The number of rotatable bonds is 6. The predicted molar refractivity (Wildman–Crippen MR) is 133 cm³/mol. The van der Waals surface area contributed by atoms with Crippen LogP contribution in [0.5, 0.6) is 11.5 Å². The summed E-state index contributed by atoms with van der Waals surface area (Å²) in [5.41, 5.74) is 1.94. The highest BCUT2D eigenvalue weighted by molar-refractivity contribution is 6.31. The fraction of sp³-hybridized carbons (Fsp3) is 0.154. The minimum absolute atomic E-state index is 0.138. The number of hydrazone groups is 1. The van der Waals surface area contributed by atoms with Gasteiger partial charge in [0.25, 0.3) is 5.91 Å². The first kappa shape index (κ1) is 24.7. The zero-order valence-corrected chi connectivity index (χ0v) is 20.4. The van der Waals surface area contributed by atoms with Gasteiger partial charge in [0.2, 0.25) is 18.0 Å². The lowest BCUT2D eigenvalue weighted by atomic mass is 10.1. The minimum Gasteiger partial charge on any atom is -0.493 e. The highest BCUT2D eigenvalue weighted by atomic mass is 35.5. The van der Waals surface area contributed by atoms with Crippen LogP contribution in [0.3, 0.4) is 0 Å². The summed E-state index contributed by atoms with van der Waals surface area (Å²) < 4.78 is 16.7. The molecule has 3 aromatic rings. The molecule has 1 N–H and O–H groups in total. The van der Waals surface area contributed by atoms with Crippen LogP contribution in [0.2, 0.25) is 5.02 Å². The maximum absolute atomic E-state index is 12.5. The van der Waals surface area contributed by atoms with E-state index in [1.54, 1.807) is 66.7 Å². The Morgan fingerprint density at radius 1 is 1.03 bits per heavy atom. The molecule has 0 bridgehead atoms. The second-order valence-electron chi connectivity index (χ2n) is 7.75. The summed E-state index contributed by atoms with van der Waals surface area (Å²) in [6.45, 7) is 2.62. The van der Waals surface area contributed by atoms with E-state index in [-0.39, 0.29) is 23.5 Å². The largest absolute Gasteiger partial charge is 0.493 e. The molecule has 10 heteroatoms. The Hall–Kier alpha value is -4.37. The average molecular weight is 508 g/mol. The maximum atomic E-state index is 12.5. The van der Waals surface area contributed by atoms with Gasteiger partial charge >= 0.3 is 5.97 Å². The number of hydrogen-bond donors (Lipinski definition) is 1. The van der Waals surface area contributed by atoms with Crippen LogP contribution in [0.15, 0.2) is 71.8 Å². The number of carbonyl (C=O) groups excluding carboxylic acids is 3. The van der Waals surface area contributed by atoms with E-state index in [4.69, 9.17) is 25.8 Å². The van der Waals surface area contributed by atoms with Crippen LogP contribution < -0.4 is 14.8 Å². The normalized spacial score (nSPS) is 14.5. The number of ether oxygens (including phenoxy) is 3. The molecule has 4 rings (SSSR count). The van der Waals surface area contributed by atoms with Crippen LogP contribution in [-0.4, -0.2) is 35.8 Å². The molecule has 0 aliphatic carbocycles. The van der Waals surface area contributed by atoms with Crippen molar-refractivity contribution in [3.63, 3.8) is 0 Å². The van der Waals surface area contributed by atoms with E-state index < -0.39 is 12.2 Å². The molecule has 2 amide bonds. The third-order valence-electron chi connectivity index (χ3n) is 5.18. The molecule has 184 valence electrons. The Bertz CT molecular complexity index is 1360. The monoisotopic (exact) mass is 507 g/mol. The van der Waals surface area contributed by atoms with Gasteiger partial charge in [-0.05, 0) is 54.6 Å². The fourth-order valence-corrected chi connectivity index (χ4v) is 3.75. The van der Waals surface area contributed by atoms with Crippen molar-refractivity contribution < 1.29 is 28.6 Å². The molecule has 9 nitrogen and oxygen atoms in total. The maximum Gasteiger partial charge on any atom is 0.308 e. The van der Waals surface area contributed by atoms with Crippen molar-refractivity contribution in [2.24, 2.45) is 5.10 Å². The van der Waals surface area contributed by atoms with Crippen LogP contribution >= 0.6 is 11.6 Å². The van der Waals surface area contributed by atoms with E-state index in [2.05, 4.69) is 10.4 Å². The lowest BCUT2D eigenvalue weighted by Crippen LogP contribution is -2.26. The molecule has 1 aliphatic rings. The van der Waals surface area contributed by atoms with Crippen molar-refractivity contribution in [2.45, 2.75) is 20.1 Å². The number of esters is 1. The van der Waals surface area contributed by atoms with Crippen molar-refractivity contribution in [1.82, 2.24) is 5.01 Å². The summed E-state index contributed by atoms with van der Waals surface area (Å²) in [7, 11) is 1.44. The molecule has 36 heavy (non-hydrogen) atoms. The number of amides is 2. The van der Waals surface area contributed by atoms with Gasteiger partial charge in [-0.25, -0.2) is 0 Å². The molecule has 0 spiro atoms. The number of para-hydroxylation sites is 1. The van der Waals surface area contributed by atoms with Gasteiger partial charge in [-0.1, -0.05) is 23.7 Å². The van der Waals surface area contributed by atoms with Crippen LogP contribution in [-0.2, 0) is 14.3 Å². The molecule has 0 saturated carbocycles. The first-order valence-corrected chi connectivity index (χ1v) is 11.2. The molecule has 1 heterocycles. The summed E-state index contributed by atoms with van der Waals surface area (Å²) in [6.07, 6.45) is -0.982. The molecule has 0 aromatic heterocycles. The number of halogens is 1. The number of nitrogens with one attached hydrogen (secondary N) is 1. The third kappa shape index (κ3) is 5.31. The van der Waals surface area contributed by atoms with E-state index in [0.717, 1.165) is 5.01 Å². The third-order valence-corrected chi connectivity index (χ3v) is 5.42. The van der Waals surface area contributed by atoms with Crippen LogP contribution in [0.1, 0.15) is 41.6 Å². The van der Waals surface area contributed by atoms with Crippen LogP contribution in [0.25, 0.3) is 0 Å². The van der Waals surface area contributed by atoms with Crippen molar-refractivity contribution >= 4 is 41.0 Å². The van der Waals surface area contributed by atoms with Crippen molar-refractivity contribution in [3.05, 3.63) is 88.4 Å². The summed E-state index contributed by atoms with van der Waals surface area (Å²) in [6, 6.07) is 18.4. The molecule has 0 saturated heterocycles. The molecule has 1 aliphatic heterocycles. The second kappa shape index (κ2) is 10.5. The van der Waals surface area contributed by atoms with Gasteiger partial charge in [0.15, 0.2) is 11.5 Å². The first-order valence-electron chi connectivity index (χ1n) is 10.8. The number of hydrogen-bond acceptors (Lipinski definition) is 7. The molecule has 0 fully saturated rings. The minimum atomic E-state index is -0.982. The fourth-order valence-electron chi connectivity index (χ4n) is 3.56. The Kier molecular flexibility index (Phi) is 7.21. The van der Waals surface area contributed by atoms with E-state index in [0.29, 0.717) is 33.1 Å². The van der Waals surface area contributed by atoms with Gasteiger partial charge in [-0.2, -0.15) is 5.01 Å². The van der Waals surface area contributed by atoms with Gasteiger partial charge in [-0.3, -0.25) is 14.4 Å². The van der Waals surface area contributed by atoms with Gasteiger partial charge in [-0.15, -0.1) is 5.10 Å². The summed E-state index contributed by atoms with van der Waals surface area (Å²) in [5, 5.41) is 8.76. The van der Waals surface area contributed by atoms with E-state index >= 15 is 0 Å².